The molecule has 1 aromatic rings. The predicted molar refractivity (Wildman–Crippen MR) is 65.5 cm³/mol. The maximum atomic E-state index is 3.51. The summed E-state index contributed by atoms with van der Waals surface area (Å²) >= 11 is 3.51. The van der Waals surface area contributed by atoms with Crippen LogP contribution < -0.4 is 0 Å². The fraction of sp³-hybridized carbons (Fsp3) is 0.500. The molecule has 1 rings (SSSR count). The zero-order chi connectivity index (χ0) is 10.6. The zero-order valence-electron chi connectivity index (χ0n) is 9.18. The summed E-state index contributed by atoms with van der Waals surface area (Å²) < 4.78 is 1.19. The van der Waals surface area contributed by atoms with Crippen molar-refractivity contribution in [2.24, 2.45) is 0 Å². The largest absolute Gasteiger partial charge is 0.302 e. The van der Waals surface area contributed by atoms with Gasteiger partial charge in [-0.3, -0.25) is 0 Å². The number of hydrogen-bond acceptors (Lipinski definition) is 1. The second-order valence-corrected chi connectivity index (χ2v) is 4.68. The molecule has 2 heteroatoms. The van der Waals surface area contributed by atoms with Gasteiger partial charge in [-0.15, -0.1) is 0 Å². The molecule has 0 aliphatic heterocycles. The molecule has 0 radical (unpaired) electrons. The van der Waals surface area contributed by atoms with Gasteiger partial charge in [0.05, 0.1) is 0 Å². The summed E-state index contributed by atoms with van der Waals surface area (Å²) in [6.07, 6.45) is 1.21. The lowest BCUT2D eigenvalue weighted by atomic mass is 10.1. The minimum Gasteiger partial charge on any atom is -0.302 e. The molecule has 0 aliphatic rings. The SMILES string of the molecule is CCCN(C)Cc1ccc(Br)c(C)c1. The summed E-state index contributed by atoms with van der Waals surface area (Å²) in [5.41, 5.74) is 2.70. The Hall–Kier alpha value is -0.340. The molecule has 1 aromatic carbocycles. The van der Waals surface area contributed by atoms with Gasteiger partial charge in [0.25, 0.3) is 0 Å². The molecule has 0 saturated carbocycles. The average molecular weight is 256 g/mol. The number of hydrogen-bond donors (Lipinski definition) is 0. The third-order valence-electron chi connectivity index (χ3n) is 2.28. The van der Waals surface area contributed by atoms with E-state index in [0.717, 1.165) is 13.1 Å². The van der Waals surface area contributed by atoms with Crippen molar-refractivity contribution in [3.05, 3.63) is 33.8 Å². The Labute approximate surface area is 95.2 Å². The summed E-state index contributed by atoms with van der Waals surface area (Å²) in [4.78, 5) is 2.35. The molecule has 0 unspecified atom stereocenters. The van der Waals surface area contributed by atoms with E-state index in [1.807, 2.05) is 0 Å². The monoisotopic (exact) mass is 255 g/mol. The van der Waals surface area contributed by atoms with Crippen molar-refractivity contribution >= 4 is 15.9 Å². The molecule has 0 aliphatic carbocycles. The van der Waals surface area contributed by atoms with Crippen LogP contribution in [0.1, 0.15) is 24.5 Å². The second kappa shape index (κ2) is 5.52. The Balaban J connectivity index is 2.63. The van der Waals surface area contributed by atoms with Crippen molar-refractivity contribution < 1.29 is 0 Å². The number of aryl methyl sites for hydroxylation is 1. The quantitative estimate of drug-likeness (QED) is 0.795. The van der Waals surface area contributed by atoms with E-state index in [-0.39, 0.29) is 0 Å². The first-order valence-corrected chi connectivity index (χ1v) is 5.86. The number of rotatable bonds is 4. The van der Waals surface area contributed by atoms with E-state index in [0.29, 0.717) is 0 Å². The molecule has 0 spiro atoms. The summed E-state index contributed by atoms with van der Waals surface area (Å²) in [5.74, 6) is 0. The molecular weight excluding hydrogens is 238 g/mol. The molecule has 0 bridgehead atoms. The molecule has 0 amide bonds. The topological polar surface area (TPSA) is 3.24 Å². The van der Waals surface area contributed by atoms with Gasteiger partial charge < -0.3 is 4.90 Å². The van der Waals surface area contributed by atoms with Gasteiger partial charge in [-0.1, -0.05) is 35.0 Å². The van der Waals surface area contributed by atoms with Crippen LogP contribution in [0.4, 0.5) is 0 Å². The van der Waals surface area contributed by atoms with E-state index in [1.54, 1.807) is 0 Å². The Morgan fingerprint density at radius 1 is 1.36 bits per heavy atom. The van der Waals surface area contributed by atoms with Crippen LogP contribution in [0, 0.1) is 6.92 Å². The fourth-order valence-corrected chi connectivity index (χ4v) is 1.82. The summed E-state index contributed by atoms with van der Waals surface area (Å²) in [6, 6.07) is 6.56. The lowest BCUT2D eigenvalue weighted by Gasteiger charge is -2.15. The van der Waals surface area contributed by atoms with E-state index in [4.69, 9.17) is 0 Å². The van der Waals surface area contributed by atoms with Crippen molar-refractivity contribution in [2.45, 2.75) is 26.8 Å². The van der Waals surface area contributed by atoms with Gasteiger partial charge >= 0.3 is 0 Å². The highest BCUT2D eigenvalue weighted by Crippen LogP contribution is 2.17. The molecule has 0 atom stereocenters. The Kier molecular flexibility index (Phi) is 4.63. The number of nitrogens with zero attached hydrogens (tertiary/aromatic N) is 1. The van der Waals surface area contributed by atoms with Gasteiger partial charge in [0.1, 0.15) is 0 Å². The van der Waals surface area contributed by atoms with Crippen molar-refractivity contribution in [1.82, 2.24) is 4.90 Å². The van der Waals surface area contributed by atoms with Crippen molar-refractivity contribution in [1.29, 1.82) is 0 Å². The normalized spacial score (nSPS) is 10.9. The van der Waals surface area contributed by atoms with Gasteiger partial charge in [-0.05, 0) is 44.1 Å². The van der Waals surface area contributed by atoms with E-state index in [9.17, 15) is 0 Å². The molecule has 0 saturated heterocycles. The first-order chi connectivity index (χ1) is 6.63. The maximum Gasteiger partial charge on any atom is 0.0230 e. The van der Waals surface area contributed by atoms with Crippen molar-refractivity contribution in [2.75, 3.05) is 13.6 Å². The first kappa shape index (κ1) is 11.7. The lowest BCUT2D eigenvalue weighted by molar-refractivity contribution is 0.327. The van der Waals surface area contributed by atoms with Crippen LogP contribution >= 0.6 is 15.9 Å². The smallest absolute Gasteiger partial charge is 0.0230 e. The van der Waals surface area contributed by atoms with E-state index < -0.39 is 0 Å². The van der Waals surface area contributed by atoms with Gasteiger partial charge in [0.15, 0.2) is 0 Å². The average Bonchev–Trinajstić information content (AvgIpc) is 2.12. The molecule has 14 heavy (non-hydrogen) atoms. The van der Waals surface area contributed by atoms with Gasteiger partial charge in [0, 0.05) is 11.0 Å². The minimum absolute atomic E-state index is 1.04. The number of benzene rings is 1. The van der Waals surface area contributed by atoms with E-state index >= 15 is 0 Å². The highest BCUT2D eigenvalue weighted by Gasteiger charge is 2.00. The molecule has 78 valence electrons. The van der Waals surface area contributed by atoms with Crippen LogP contribution in [0.2, 0.25) is 0 Å². The number of halogens is 1. The summed E-state index contributed by atoms with van der Waals surface area (Å²) in [5, 5.41) is 0. The molecule has 1 nitrogen and oxygen atoms in total. The Morgan fingerprint density at radius 2 is 2.07 bits per heavy atom. The van der Waals surface area contributed by atoms with Crippen LogP contribution in [-0.4, -0.2) is 18.5 Å². The van der Waals surface area contributed by atoms with Crippen LogP contribution in [-0.2, 0) is 6.54 Å². The Bertz CT molecular complexity index is 296. The van der Waals surface area contributed by atoms with Crippen LogP contribution in [0.3, 0.4) is 0 Å². The highest BCUT2D eigenvalue weighted by atomic mass is 79.9. The minimum atomic E-state index is 1.04. The zero-order valence-corrected chi connectivity index (χ0v) is 10.8. The molecular formula is C12H18BrN. The first-order valence-electron chi connectivity index (χ1n) is 5.07. The highest BCUT2D eigenvalue weighted by molar-refractivity contribution is 9.10. The Morgan fingerprint density at radius 3 is 2.64 bits per heavy atom. The van der Waals surface area contributed by atoms with E-state index in [2.05, 4.69) is 59.9 Å². The van der Waals surface area contributed by atoms with Gasteiger partial charge in [0.2, 0.25) is 0 Å². The van der Waals surface area contributed by atoms with Gasteiger partial charge in [-0.2, -0.15) is 0 Å². The van der Waals surface area contributed by atoms with Crippen LogP contribution in [0.25, 0.3) is 0 Å². The summed E-state index contributed by atoms with van der Waals surface area (Å²) in [6.45, 7) is 6.55. The molecule has 0 aromatic heterocycles. The third-order valence-corrected chi connectivity index (χ3v) is 3.17. The third kappa shape index (κ3) is 3.43. The second-order valence-electron chi connectivity index (χ2n) is 3.82. The maximum absolute atomic E-state index is 3.51. The van der Waals surface area contributed by atoms with Crippen LogP contribution in [0.5, 0.6) is 0 Å². The van der Waals surface area contributed by atoms with Crippen LogP contribution in [0.15, 0.2) is 22.7 Å². The lowest BCUT2D eigenvalue weighted by Crippen LogP contribution is -2.18. The van der Waals surface area contributed by atoms with Gasteiger partial charge in [-0.25, -0.2) is 0 Å². The molecule has 0 N–H and O–H groups in total. The molecule has 0 fully saturated rings. The van der Waals surface area contributed by atoms with Crippen molar-refractivity contribution in [3.8, 4) is 0 Å². The standard InChI is InChI=1S/C12H18BrN/c1-4-7-14(3)9-11-5-6-12(13)10(2)8-11/h5-6,8H,4,7,9H2,1-3H3. The predicted octanol–water partition coefficient (Wildman–Crippen LogP) is 3.60. The summed E-state index contributed by atoms with van der Waals surface area (Å²) in [7, 11) is 2.17. The fourth-order valence-electron chi connectivity index (χ4n) is 1.58. The van der Waals surface area contributed by atoms with Crippen molar-refractivity contribution in [3.63, 3.8) is 0 Å². The molecule has 0 heterocycles. The van der Waals surface area contributed by atoms with E-state index in [1.165, 1.54) is 22.0 Å².